The molecular formula is C13H20N2O2S. The summed E-state index contributed by atoms with van der Waals surface area (Å²) in [5.74, 6) is 0.518. The van der Waals surface area contributed by atoms with E-state index in [1.54, 1.807) is 0 Å². The Hall–Kier alpha value is -1.10. The van der Waals surface area contributed by atoms with Crippen molar-refractivity contribution in [2.75, 3.05) is 18.6 Å². The van der Waals surface area contributed by atoms with Gasteiger partial charge in [0.15, 0.2) is 5.13 Å². The van der Waals surface area contributed by atoms with E-state index in [1.165, 1.54) is 31.3 Å². The van der Waals surface area contributed by atoms with E-state index in [0.29, 0.717) is 10.9 Å². The number of carbonyl (C=O) groups excluding carboxylic acids is 1. The Balaban J connectivity index is 2.21. The first-order valence-electron chi connectivity index (χ1n) is 6.35. The van der Waals surface area contributed by atoms with Gasteiger partial charge in [-0.1, -0.05) is 11.3 Å². The topological polar surface area (TPSA) is 42.4 Å². The minimum Gasteiger partial charge on any atom is -0.465 e. The van der Waals surface area contributed by atoms with Crippen LogP contribution in [0.2, 0.25) is 0 Å². The van der Waals surface area contributed by atoms with E-state index in [0.717, 1.165) is 23.3 Å². The maximum Gasteiger partial charge on any atom is 0.350 e. The molecule has 1 fully saturated rings. The number of aromatic nitrogens is 1. The van der Waals surface area contributed by atoms with Crippen LogP contribution < -0.4 is 4.90 Å². The van der Waals surface area contributed by atoms with E-state index in [9.17, 15) is 4.79 Å². The third-order valence-corrected chi connectivity index (χ3v) is 4.35. The predicted octanol–water partition coefficient (Wildman–Crippen LogP) is 2.86. The molecule has 0 aliphatic heterocycles. The molecule has 0 saturated heterocycles. The molecule has 1 aromatic rings. The molecule has 1 aliphatic rings. The summed E-state index contributed by atoms with van der Waals surface area (Å²) in [5.41, 5.74) is 0.767. The van der Waals surface area contributed by atoms with Gasteiger partial charge in [0.25, 0.3) is 0 Å². The van der Waals surface area contributed by atoms with E-state index >= 15 is 0 Å². The predicted molar refractivity (Wildman–Crippen MR) is 73.4 cm³/mol. The number of thiazole rings is 1. The largest absolute Gasteiger partial charge is 0.465 e. The fourth-order valence-electron chi connectivity index (χ4n) is 1.88. The SMILES string of the molecule is COC(=O)c1sc(N(CC2CC2)C(C)C)nc1C. The van der Waals surface area contributed by atoms with E-state index < -0.39 is 0 Å². The summed E-state index contributed by atoms with van der Waals surface area (Å²) in [6.45, 7) is 7.24. The molecule has 4 nitrogen and oxygen atoms in total. The van der Waals surface area contributed by atoms with E-state index in [2.05, 4.69) is 23.7 Å². The number of ether oxygens (including phenoxy) is 1. The van der Waals surface area contributed by atoms with Gasteiger partial charge < -0.3 is 9.64 Å². The quantitative estimate of drug-likeness (QED) is 0.770. The minimum atomic E-state index is -0.286. The molecule has 0 unspecified atom stereocenters. The zero-order valence-electron chi connectivity index (χ0n) is 11.4. The molecular weight excluding hydrogens is 248 g/mol. The van der Waals surface area contributed by atoms with Gasteiger partial charge in [0.05, 0.1) is 12.8 Å². The molecule has 0 spiro atoms. The van der Waals surface area contributed by atoms with Crippen molar-refractivity contribution in [2.24, 2.45) is 5.92 Å². The van der Waals surface area contributed by atoms with Gasteiger partial charge in [-0.15, -0.1) is 0 Å². The van der Waals surface area contributed by atoms with Gasteiger partial charge >= 0.3 is 5.97 Å². The summed E-state index contributed by atoms with van der Waals surface area (Å²) in [7, 11) is 1.41. The number of carbonyl (C=O) groups is 1. The zero-order valence-corrected chi connectivity index (χ0v) is 12.2. The highest BCUT2D eigenvalue weighted by Crippen LogP contribution is 2.34. The van der Waals surface area contributed by atoms with Crippen molar-refractivity contribution in [3.8, 4) is 0 Å². The normalized spacial score (nSPS) is 14.9. The van der Waals surface area contributed by atoms with Gasteiger partial charge in [-0.3, -0.25) is 0 Å². The maximum absolute atomic E-state index is 11.6. The summed E-state index contributed by atoms with van der Waals surface area (Å²) in [6, 6.07) is 0.404. The van der Waals surface area contributed by atoms with Crippen LogP contribution >= 0.6 is 11.3 Å². The van der Waals surface area contributed by atoms with Gasteiger partial charge in [0, 0.05) is 12.6 Å². The summed E-state index contributed by atoms with van der Waals surface area (Å²) in [6.07, 6.45) is 2.63. The summed E-state index contributed by atoms with van der Waals surface area (Å²) >= 11 is 1.44. The molecule has 1 heterocycles. The first kappa shape index (κ1) is 13.3. The molecule has 2 rings (SSSR count). The lowest BCUT2D eigenvalue weighted by Crippen LogP contribution is -2.32. The second-order valence-electron chi connectivity index (χ2n) is 5.09. The summed E-state index contributed by atoms with van der Waals surface area (Å²) in [5, 5.41) is 0.940. The highest BCUT2D eigenvalue weighted by Gasteiger charge is 2.28. The molecule has 1 aliphatic carbocycles. The molecule has 100 valence electrons. The van der Waals surface area contributed by atoms with E-state index in [4.69, 9.17) is 4.74 Å². The Bertz CT molecular complexity index is 438. The van der Waals surface area contributed by atoms with Gasteiger partial charge in [-0.25, -0.2) is 9.78 Å². The van der Waals surface area contributed by atoms with E-state index in [-0.39, 0.29) is 5.97 Å². The Labute approximate surface area is 112 Å². The molecule has 0 N–H and O–H groups in total. The van der Waals surface area contributed by atoms with Crippen LogP contribution in [0.5, 0.6) is 0 Å². The monoisotopic (exact) mass is 268 g/mol. The zero-order chi connectivity index (χ0) is 13.3. The van der Waals surface area contributed by atoms with Crippen LogP contribution in [0, 0.1) is 12.8 Å². The smallest absolute Gasteiger partial charge is 0.350 e. The van der Waals surface area contributed by atoms with Crippen molar-refractivity contribution in [2.45, 2.75) is 39.7 Å². The van der Waals surface area contributed by atoms with Crippen LogP contribution in [0.3, 0.4) is 0 Å². The van der Waals surface area contributed by atoms with Crippen molar-refractivity contribution in [1.82, 2.24) is 4.98 Å². The van der Waals surface area contributed by atoms with Crippen molar-refractivity contribution in [1.29, 1.82) is 0 Å². The molecule has 0 amide bonds. The van der Waals surface area contributed by atoms with Crippen molar-refractivity contribution < 1.29 is 9.53 Å². The highest BCUT2D eigenvalue weighted by molar-refractivity contribution is 7.17. The second-order valence-corrected chi connectivity index (χ2v) is 6.07. The highest BCUT2D eigenvalue weighted by atomic mass is 32.1. The molecule has 5 heteroatoms. The first-order valence-corrected chi connectivity index (χ1v) is 7.17. The van der Waals surface area contributed by atoms with Crippen LogP contribution in [-0.2, 0) is 4.74 Å². The van der Waals surface area contributed by atoms with Crippen LogP contribution in [0.4, 0.5) is 5.13 Å². The lowest BCUT2D eigenvalue weighted by atomic mass is 10.3. The Morgan fingerprint density at radius 3 is 2.72 bits per heavy atom. The number of anilines is 1. The lowest BCUT2D eigenvalue weighted by Gasteiger charge is -2.25. The van der Waals surface area contributed by atoms with Gasteiger partial charge in [0.1, 0.15) is 4.88 Å². The minimum absolute atomic E-state index is 0.286. The van der Waals surface area contributed by atoms with Crippen molar-refractivity contribution >= 4 is 22.4 Å². The number of aryl methyl sites for hydroxylation is 1. The molecule has 0 radical (unpaired) electrons. The molecule has 0 atom stereocenters. The molecule has 0 bridgehead atoms. The van der Waals surface area contributed by atoms with Crippen LogP contribution in [-0.4, -0.2) is 30.6 Å². The van der Waals surface area contributed by atoms with Gasteiger partial charge in [-0.05, 0) is 39.5 Å². The van der Waals surface area contributed by atoms with Gasteiger partial charge in [-0.2, -0.15) is 0 Å². The van der Waals surface area contributed by atoms with Crippen LogP contribution in [0.1, 0.15) is 42.1 Å². The van der Waals surface area contributed by atoms with E-state index in [1.807, 2.05) is 6.92 Å². The standard InChI is InChI=1S/C13H20N2O2S/c1-8(2)15(7-10-5-6-10)13-14-9(3)11(18-13)12(16)17-4/h8,10H,5-7H2,1-4H3. The fraction of sp³-hybridized carbons (Fsp3) is 0.692. The number of hydrogen-bond acceptors (Lipinski definition) is 5. The lowest BCUT2D eigenvalue weighted by molar-refractivity contribution is 0.0605. The Morgan fingerprint density at radius 1 is 1.56 bits per heavy atom. The molecule has 1 saturated carbocycles. The summed E-state index contributed by atoms with van der Waals surface area (Å²) in [4.78, 5) is 19.0. The number of methoxy groups -OCH3 is 1. The second kappa shape index (κ2) is 5.26. The average molecular weight is 268 g/mol. The number of hydrogen-bond donors (Lipinski definition) is 0. The Kier molecular flexibility index (Phi) is 3.90. The molecule has 1 aromatic heterocycles. The number of nitrogens with zero attached hydrogens (tertiary/aromatic N) is 2. The first-order chi connectivity index (χ1) is 8.52. The number of rotatable bonds is 5. The Morgan fingerprint density at radius 2 is 2.22 bits per heavy atom. The fourth-order valence-corrected chi connectivity index (χ4v) is 3.00. The third kappa shape index (κ3) is 2.83. The van der Waals surface area contributed by atoms with Crippen molar-refractivity contribution in [3.05, 3.63) is 10.6 Å². The van der Waals surface area contributed by atoms with Gasteiger partial charge in [0.2, 0.25) is 0 Å². The molecule has 0 aromatic carbocycles. The third-order valence-electron chi connectivity index (χ3n) is 3.18. The average Bonchev–Trinajstić information content (AvgIpc) is 3.07. The van der Waals surface area contributed by atoms with Crippen LogP contribution in [0.25, 0.3) is 0 Å². The van der Waals surface area contributed by atoms with Crippen molar-refractivity contribution in [3.63, 3.8) is 0 Å². The van der Waals surface area contributed by atoms with Crippen LogP contribution in [0.15, 0.2) is 0 Å². The molecule has 18 heavy (non-hydrogen) atoms. The summed E-state index contributed by atoms with van der Waals surface area (Å²) < 4.78 is 4.78. The maximum atomic E-state index is 11.6. The number of esters is 1.